The lowest BCUT2D eigenvalue weighted by atomic mass is 10.1. The van der Waals surface area contributed by atoms with Crippen molar-refractivity contribution in [3.8, 4) is 5.75 Å². The zero-order valence-corrected chi connectivity index (χ0v) is 11.1. The second-order valence-corrected chi connectivity index (χ2v) is 4.50. The van der Waals surface area contributed by atoms with Gasteiger partial charge in [0.25, 0.3) is 0 Å². The van der Waals surface area contributed by atoms with Crippen LogP contribution >= 0.6 is 12.2 Å². The Morgan fingerprint density at radius 1 is 1.21 bits per heavy atom. The maximum atomic E-state index is 12.9. The number of aromatic hydroxyl groups is 1. The summed E-state index contributed by atoms with van der Waals surface area (Å²) in [5, 5.41) is 9.82. The molecule has 98 valence electrons. The Hall–Kier alpha value is -2.14. The maximum absolute atomic E-state index is 12.9. The summed E-state index contributed by atoms with van der Waals surface area (Å²) in [6.45, 7) is 0. The van der Waals surface area contributed by atoms with Crippen molar-refractivity contribution in [3.05, 3.63) is 53.8 Å². The first kappa shape index (κ1) is 13.3. The van der Waals surface area contributed by atoms with Gasteiger partial charge in [-0.25, -0.2) is 4.39 Å². The molecule has 3 nitrogen and oxygen atoms in total. The Bertz CT molecular complexity index is 613. The van der Waals surface area contributed by atoms with E-state index in [4.69, 9.17) is 18.0 Å². The van der Waals surface area contributed by atoms with Crippen LogP contribution in [0.2, 0.25) is 0 Å². The molecule has 5 heteroatoms. The molecule has 0 fully saturated rings. The minimum absolute atomic E-state index is 0.0631. The molecular weight excluding hydrogens is 263 g/mol. The van der Waals surface area contributed by atoms with Crippen LogP contribution < -0.4 is 10.6 Å². The highest BCUT2D eigenvalue weighted by atomic mass is 32.1. The van der Waals surface area contributed by atoms with Crippen LogP contribution in [0.3, 0.4) is 0 Å². The number of phenolic OH excluding ortho intramolecular Hbond substituents is 1. The molecule has 0 radical (unpaired) electrons. The van der Waals surface area contributed by atoms with E-state index in [2.05, 4.69) is 0 Å². The molecule has 0 saturated carbocycles. The minimum atomic E-state index is -0.310. The summed E-state index contributed by atoms with van der Waals surface area (Å²) < 4.78 is 12.9. The highest BCUT2D eigenvalue weighted by molar-refractivity contribution is 7.81. The molecule has 19 heavy (non-hydrogen) atoms. The molecule has 3 N–H and O–H groups in total. The Labute approximate surface area is 116 Å². The molecule has 0 heterocycles. The first-order valence-electron chi connectivity index (χ1n) is 5.61. The fourth-order valence-electron chi connectivity index (χ4n) is 1.69. The van der Waals surface area contributed by atoms with Gasteiger partial charge < -0.3 is 15.7 Å². The van der Waals surface area contributed by atoms with Crippen LogP contribution in [-0.4, -0.2) is 17.1 Å². The van der Waals surface area contributed by atoms with Crippen molar-refractivity contribution >= 4 is 28.6 Å². The van der Waals surface area contributed by atoms with Gasteiger partial charge in [0, 0.05) is 18.4 Å². The van der Waals surface area contributed by atoms with Gasteiger partial charge in [0.2, 0.25) is 0 Å². The lowest BCUT2D eigenvalue weighted by molar-refractivity contribution is 0.474. The zero-order chi connectivity index (χ0) is 14.0. The molecule has 2 aromatic carbocycles. The van der Waals surface area contributed by atoms with Crippen LogP contribution in [0.4, 0.5) is 15.8 Å². The summed E-state index contributed by atoms with van der Waals surface area (Å²) in [5.74, 6) is -0.247. The van der Waals surface area contributed by atoms with E-state index in [0.29, 0.717) is 16.2 Å². The number of thiocarbonyl (C=S) groups is 1. The van der Waals surface area contributed by atoms with Gasteiger partial charge in [-0.1, -0.05) is 12.2 Å². The summed E-state index contributed by atoms with van der Waals surface area (Å²) in [7, 11) is 1.75. The molecular formula is C14H13FN2OS. The summed E-state index contributed by atoms with van der Waals surface area (Å²) in [4.78, 5) is 2.10. The number of nitrogen functional groups attached to an aromatic ring is 1. The van der Waals surface area contributed by atoms with E-state index in [9.17, 15) is 9.50 Å². The summed E-state index contributed by atoms with van der Waals surface area (Å²) in [6.07, 6.45) is 0. The van der Waals surface area contributed by atoms with Crippen LogP contribution in [0.15, 0.2) is 42.5 Å². The molecule has 2 rings (SSSR count). The Morgan fingerprint density at radius 3 is 2.47 bits per heavy atom. The predicted octanol–water partition coefficient (Wildman–Crippen LogP) is 2.93. The number of nitrogens with two attached hydrogens (primary N) is 1. The summed E-state index contributed by atoms with van der Waals surface area (Å²) in [6, 6.07) is 10.6. The molecule has 0 amide bonds. The van der Waals surface area contributed by atoms with Gasteiger partial charge in [0.05, 0.1) is 5.56 Å². The van der Waals surface area contributed by atoms with Crippen molar-refractivity contribution in [1.29, 1.82) is 0 Å². The number of anilines is 2. The third-order valence-corrected chi connectivity index (χ3v) is 3.26. The van der Waals surface area contributed by atoms with Crippen molar-refractivity contribution in [1.82, 2.24) is 0 Å². The van der Waals surface area contributed by atoms with Gasteiger partial charge >= 0.3 is 0 Å². The highest BCUT2D eigenvalue weighted by Gasteiger charge is 2.13. The van der Waals surface area contributed by atoms with Crippen molar-refractivity contribution in [2.75, 3.05) is 17.7 Å². The average molecular weight is 276 g/mol. The molecule has 2 aromatic rings. The topological polar surface area (TPSA) is 49.5 Å². The van der Waals surface area contributed by atoms with Crippen molar-refractivity contribution in [2.24, 2.45) is 0 Å². The fourth-order valence-corrected chi connectivity index (χ4v) is 1.96. The van der Waals surface area contributed by atoms with E-state index < -0.39 is 0 Å². The van der Waals surface area contributed by atoms with Gasteiger partial charge in [0.15, 0.2) is 0 Å². The second kappa shape index (κ2) is 5.24. The number of nitrogens with zero attached hydrogens (tertiary/aromatic N) is 1. The van der Waals surface area contributed by atoms with Gasteiger partial charge in [-0.2, -0.15) is 0 Å². The fraction of sp³-hybridized carbons (Fsp3) is 0.0714. The first-order chi connectivity index (χ1) is 8.99. The van der Waals surface area contributed by atoms with Crippen molar-refractivity contribution in [3.63, 3.8) is 0 Å². The number of hydrogen-bond acceptors (Lipinski definition) is 3. The van der Waals surface area contributed by atoms with Crippen molar-refractivity contribution < 1.29 is 9.50 Å². The van der Waals surface area contributed by atoms with Gasteiger partial charge in [0.1, 0.15) is 16.6 Å². The standard InChI is InChI=1S/C14H13FN2OS/c1-17(11-5-2-9(15)3-6-11)14(19)12-8-10(16)4-7-13(12)18/h2-8,18H,16H2,1H3. The quantitative estimate of drug-likeness (QED) is 0.503. The number of hydrogen-bond donors (Lipinski definition) is 2. The monoisotopic (exact) mass is 276 g/mol. The number of phenols is 1. The maximum Gasteiger partial charge on any atom is 0.125 e. The Morgan fingerprint density at radius 2 is 1.84 bits per heavy atom. The average Bonchev–Trinajstić information content (AvgIpc) is 2.41. The van der Waals surface area contributed by atoms with E-state index in [1.807, 2.05) is 0 Å². The van der Waals surface area contributed by atoms with Gasteiger partial charge in [-0.15, -0.1) is 0 Å². The molecule has 0 aromatic heterocycles. The van der Waals surface area contributed by atoms with Gasteiger partial charge in [-0.3, -0.25) is 0 Å². The van der Waals surface area contributed by atoms with Crippen molar-refractivity contribution in [2.45, 2.75) is 0 Å². The Balaban J connectivity index is 2.33. The molecule has 0 aliphatic carbocycles. The lowest BCUT2D eigenvalue weighted by Crippen LogP contribution is -2.25. The number of rotatable bonds is 2. The SMILES string of the molecule is CN(C(=S)c1cc(N)ccc1O)c1ccc(F)cc1. The third kappa shape index (κ3) is 2.82. The smallest absolute Gasteiger partial charge is 0.125 e. The van der Waals surface area contributed by atoms with Gasteiger partial charge in [-0.05, 0) is 42.5 Å². The van der Waals surface area contributed by atoms with E-state index in [0.717, 1.165) is 5.69 Å². The van der Waals surface area contributed by atoms with Crippen LogP contribution in [-0.2, 0) is 0 Å². The molecule has 0 saturated heterocycles. The van der Waals surface area contributed by atoms with E-state index in [1.54, 1.807) is 36.2 Å². The van der Waals surface area contributed by atoms with Crippen LogP contribution in [0.5, 0.6) is 5.75 Å². The van der Waals surface area contributed by atoms with Crippen LogP contribution in [0.25, 0.3) is 0 Å². The normalized spacial score (nSPS) is 10.2. The molecule has 0 unspecified atom stereocenters. The molecule has 0 bridgehead atoms. The van der Waals surface area contributed by atoms with E-state index in [1.165, 1.54) is 18.2 Å². The molecule has 0 aliphatic heterocycles. The molecule has 0 spiro atoms. The van der Waals surface area contributed by atoms with Crippen LogP contribution in [0, 0.1) is 5.82 Å². The highest BCUT2D eigenvalue weighted by Crippen LogP contribution is 2.24. The lowest BCUT2D eigenvalue weighted by Gasteiger charge is -2.21. The zero-order valence-electron chi connectivity index (χ0n) is 10.3. The first-order valence-corrected chi connectivity index (χ1v) is 6.02. The molecule has 0 aliphatic rings. The molecule has 0 atom stereocenters. The third-order valence-electron chi connectivity index (χ3n) is 2.77. The second-order valence-electron chi connectivity index (χ2n) is 4.12. The number of halogens is 1. The predicted molar refractivity (Wildman–Crippen MR) is 79.0 cm³/mol. The number of benzene rings is 2. The summed E-state index contributed by atoms with van der Waals surface area (Å²) >= 11 is 5.32. The van der Waals surface area contributed by atoms with E-state index in [-0.39, 0.29) is 11.6 Å². The summed E-state index contributed by atoms with van der Waals surface area (Å²) in [5.41, 5.74) is 7.41. The van der Waals surface area contributed by atoms with Crippen LogP contribution in [0.1, 0.15) is 5.56 Å². The largest absolute Gasteiger partial charge is 0.507 e. The van der Waals surface area contributed by atoms with E-state index >= 15 is 0 Å². The Kier molecular flexibility index (Phi) is 3.66. The minimum Gasteiger partial charge on any atom is -0.507 e.